The molecule has 1 atom stereocenters. The molecule has 2 heterocycles. The Morgan fingerprint density at radius 3 is 2.86 bits per heavy atom. The van der Waals surface area contributed by atoms with E-state index in [1.54, 1.807) is 0 Å². The van der Waals surface area contributed by atoms with E-state index in [1.165, 1.54) is 6.42 Å². The van der Waals surface area contributed by atoms with E-state index in [2.05, 4.69) is 28.9 Å². The van der Waals surface area contributed by atoms with Gasteiger partial charge in [0.05, 0.1) is 6.04 Å². The van der Waals surface area contributed by atoms with Gasteiger partial charge >= 0.3 is 0 Å². The second-order valence-corrected chi connectivity index (χ2v) is 4.17. The standard InChI is InChI=1S/C10H17N3O/c1-7(2)13-6-4-5-9(13)10-11-8(3)12-14-10/h7,9H,4-6H2,1-3H3. The van der Waals surface area contributed by atoms with Crippen LogP contribution >= 0.6 is 0 Å². The first kappa shape index (κ1) is 9.65. The number of aromatic nitrogens is 2. The third-order valence-corrected chi connectivity index (χ3v) is 2.79. The van der Waals surface area contributed by atoms with Gasteiger partial charge in [-0.1, -0.05) is 5.16 Å². The zero-order chi connectivity index (χ0) is 10.1. The summed E-state index contributed by atoms with van der Waals surface area (Å²) in [5.41, 5.74) is 0. The number of nitrogens with zero attached hydrogens (tertiary/aromatic N) is 3. The second-order valence-electron chi connectivity index (χ2n) is 4.17. The largest absolute Gasteiger partial charge is 0.338 e. The van der Waals surface area contributed by atoms with Gasteiger partial charge < -0.3 is 4.52 Å². The number of rotatable bonds is 2. The second kappa shape index (κ2) is 3.69. The molecule has 0 saturated carbocycles. The number of hydrogen-bond acceptors (Lipinski definition) is 4. The summed E-state index contributed by atoms with van der Waals surface area (Å²) in [4.78, 5) is 6.73. The average molecular weight is 195 g/mol. The molecule has 1 saturated heterocycles. The summed E-state index contributed by atoms with van der Waals surface area (Å²) in [7, 11) is 0. The van der Waals surface area contributed by atoms with E-state index < -0.39 is 0 Å². The van der Waals surface area contributed by atoms with E-state index in [4.69, 9.17) is 4.52 Å². The predicted octanol–water partition coefficient (Wildman–Crippen LogP) is 1.92. The highest BCUT2D eigenvalue weighted by atomic mass is 16.5. The van der Waals surface area contributed by atoms with E-state index in [9.17, 15) is 0 Å². The summed E-state index contributed by atoms with van der Waals surface area (Å²) in [5.74, 6) is 1.52. The van der Waals surface area contributed by atoms with E-state index >= 15 is 0 Å². The van der Waals surface area contributed by atoms with Crippen molar-refractivity contribution >= 4 is 0 Å². The van der Waals surface area contributed by atoms with Crippen LogP contribution in [0, 0.1) is 6.92 Å². The molecule has 1 aromatic rings. The van der Waals surface area contributed by atoms with E-state index in [1.807, 2.05) is 6.92 Å². The number of aryl methyl sites for hydroxylation is 1. The van der Waals surface area contributed by atoms with Crippen molar-refractivity contribution < 1.29 is 4.52 Å². The molecular formula is C10H17N3O. The molecule has 0 N–H and O–H groups in total. The highest BCUT2D eigenvalue weighted by molar-refractivity contribution is 4.96. The van der Waals surface area contributed by atoms with Gasteiger partial charge in [-0.05, 0) is 40.2 Å². The third kappa shape index (κ3) is 1.66. The van der Waals surface area contributed by atoms with Crippen LogP contribution in [-0.2, 0) is 0 Å². The molecule has 1 aliphatic heterocycles. The fraction of sp³-hybridized carbons (Fsp3) is 0.800. The van der Waals surface area contributed by atoms with Crippen molar-refractivity contribution in [3.8, 4) is 0 Å². The minimum atomic E-state index is 0.344. The molecule has 1 aromatic heterocycles. The highest BCUT2D eigenvalue weighted by Crippen LogP contribution is 2.32. The normalized spacial score (nSPS) is 23.6. The molecular weight excluding hydrogens is 178 g/mol. The minimum absolute atomic E-state index is 0.344. The van der Waals surface area contributed by atoms with Gasteiger partial charge in [0.25, 0.3) is 0 Å². The van der Waals surface area contributed by atoms with Crippen molar-refractivity contribution in [2.45, 2.75) is 45.7 Å². The van der Waals surface area contributed by atoms with Gasteiger partial charge in [-0.25, -0.2) is 0 Å². The van der Waals surface area contributed by atoms with Crippen LogP contribution in [0.1, 0.15) is 44.4 Å². The van der Waals surface area contributed by atoms with Gasteiger partial charge in [0.2, 0.25) is 5.89 Å². The summed E-state index contributed by atoms with van der Waals surface area (Å²) in [5, 5.41) is 3.84. The molecule has 0 aliphatic carbocycles. The van der Waals surface area contributed by atoms with Crippen LogP contribution in [0.3, 0.4) is 0 Å². The Labute approximate surface area is 84.3 Å². The van der Waals surface area contributed by atoms with Crippen LogP contribution in [0.15, 0.2) is 4.52 Å². The highest BCUT2D eigenvalue weighted by Gasteiger charge is 2.31. The molecule has 0 spiro atoms. The van der Waals surface area contributed by atoms with Crippen molar-refractivity contribution in [1.29, 1.82) is 0 Å². The average Bonchev–Trinajstić information content (AvgIpc) is 2.70. The lowest BCUT2D eigenvalue weighted by atomic mass is 10.2. The maximum atomic E-state index is 5.23. The van der Waals surface area contributed by atoms with Crippen LogP contribution in [0.25, 0.3) is 0 Å². The number of likely N-dealkylation sites (tertiary alicyclic amines) is 1. The molecule has 0 amide bonds. The van der Waals surface area contributed by atoms with E-state index in [-0.39, 0.29) is 0 Å². The predicted molar refractivity (Wildman–Crippen MR) is 52.9 cm³/mol. The summed E-state index contributed by atoms with van der Waals surface area (Å²) in [6.07, 6.45) is 2.37. The first-order valence-corrected chi connectivity index (χ1v) is 5.24. The molecule has 0 radical (unpaired) electrons. The van der Waals surface area contributed by atoms with Crippen LogP contribution in [0.2, 0.25) is 0 Å². The summed E-state index contributed by atoms with van der Waals surface area (Å²) in [6, 6.07) is 0.894. The minimum Gasteiger partial charge on any atom is -0.338 e. The van der Waals surface area contributed by atoms with Gasteiger partial charge in [-0.3, -0.25) is 4.90 Å². The Balaban J connectivity index is 2.17. The van der Waals surface area contributed by atoms with Crippen LogP contribution in [-0.4, -0.2) is 27.6 Å². The Kier molecular flexibility index (Phi) is 2.54. The lowest BCUT2D eigenvalue weighted by Crippen LogP contribution is -2.30. The SMILES string of the molecule is Cc1noc(C2CCCN2C(C)C)n1. The van der Waals surface area contributed by atoms with Crippen LogP contribution in [0.5, 0.6) is 0 Å². The van der Waals surface area contributed by atoms with Crippen molar-refractivity contribution in [1.82, 2.24) is 15.0 Å². The van der Waals surface area contributed by atoms with Crippen molar-refractivity contribution in [2.24, 2.45) is 0 Å². The Morgan fingerprint density at radius 1 is 1.50 bits per heavy atom. The first-order chi connectivity index (χ1) is 6.68. The maximum Gasteiger partial charge on any atom is 0.243 e. The zero-order valence-electron chi connectivity index (χ0n) is 9.03. The molecule has 4 heteroatoms. The fourth-order valence-electron chi connectivity index (χ4n) is 2.12. The molecule has 0 aromatic carbocycles. The summed E-state index contributed by atoms with van der Waals surface area (Å²) < 4.78 is 5.23. The third-order valence-electron chi connectivity index (χ3n) is 2.79. The molecule has 0 bridgehead atoms. The molecule has 1 unspecified atom stereocenters. The Hall–Kier alpha value is -0.900. The molecule has 2 rings (SSSR count). The van der Waals surface area contributed by atoms with Gasteiger partial charge in [-0.2, -0.15) is 4.98 Å². The number of hydrogen-bond donors (Lipinski definition) is 0. The lowest BCUT2D eigenvalue weighted by Gasteiger charge is -2.25. The molecule has 1 fully saturated rings. The quantitative estimate of drug-likeness (QED) is 0.723. The summed E-state index contributed by atoms with van der Waals surface area (Å²) in [6.45, 7) is 7.43. The maximum absolute atomic E-state index is 5.23. The van der Waals surface area contributed by atoms with Crippen molar-refractivity contribution in [2.75, 3.05) is 6.54 Å². The lowest BCUT2D eigenvalue weighted by molar-refractivity contribution is 0.170. The van der Waals surface area contributed by atoms with Crippen LogP contribution < -0.4 is 0 Å². The van der Waals surface area contributed by atoms with Crippen molar-refractivity contribution in [3.63, 3.8) is 0 Å². The van der Waals surface area contributed by atoms with Gasteiger partial charge in [0.1, 0.15) is 0 Å². The van der Waals surface area contributed by atoms with Crippen molar-refractivity contribution in [3.05, 3.63) is 11.7 Å². The zero-order valence-corrected chi connectivity index (χ0v) is 9.03. The first-order valence-electron chi connectivity index (χ1n) is 5.24. The molecule has 14 heavy (non-hydrogen) atoms. The van der Waals surface area contributed by atoms with Gasteiger partial charge in [0.15, 0.2) is 5.82 Å². The van der Waals surface area contributed by atoms with E-state index in [0.29, 0.717) is 12.1 Å². The topological polar surface area (TPSA) is 42.2 Å². The Bertz CT molecular complexity index is 308. The summed E-state index contributed by atoms with van der Waals surface area (Å²) >= 11 is 0. The molecule has 4 nitrogen and oxygen atoms in total. The smallest absolute Gasteiger partial charge is 0.243 e. The van der Waals surface area contributed by atoms with E-state index in [0.717, 1.165) is 24.7 Å². The fourth-order valence-corrected chi connectivity index (χ4v) is 2.12. The Morgan fingerprint density at radius 2 is 2.29 bits per heavy atom. The monoisotopic (exact) mass is 195 g/mol. The molecule has 1 aliphatic rings. The van der Waals surface area contributed by atoms with Gasteiger partial charge in [0, 0.05) is 6.04 Å². The van der Waals surface area contributed by atoms with Crippen LogP contribution in [0.4, 0.5) is 0 Å². The molecule has 78 valence electrons. The van der Waals surface area contributed by atoms with Gasteiger partial charge in [-0.15, -0.1) is 0 Å².